The number of nitrogens with one attached hydrogen (secondary N) is 1. The third-order valence-corrected chi connectivity index (χ3v) is 5.35. The Hall–Kier alpha value is -0.130. The van der Waals surface area contributed by atoms with Gasteiger partial charge in [0.25, 0.3) is 0 Å². The molecule has 4 nitrogen and oxygen atoms in total. The van der Waals surface area contributed by atoms with Crippen LogP contribution in [0.4, 0.5) is 0 Å². The fourth-order valence-electron chi connectivity index (χ4n) is 2.84. The molecule has 3 unspecified atom stereocenters. The van der Waals surface area contributed by atoms with E-state index < -0.39 is 9.84 Å². The summed E-state index contributed by atoms with van der Waals surface area (Å²) in [6, 6.07) is 0. The lowest BCUT2D eigenvalue weighted by molar-refractivity contribution is -0.0449. The Morgan fingerprint density at radius 3 is 2.81 bits per heavy atom. The van der Waals surface area contributed by atoms with Crippen LogP contribution < -0.4 is 5.32 Å². The van der Waals surface area contributed by atoms with E-state index in [1.165, 1.54) is 0 Å². The first-order valence-corrected chi connectivity index (χ1v) is 7.84. The number of ether oxygens (including phenoxy) is 1. The maximum Gasteiger partial charge on any atom is 0.150 e. The van der Waals surface area contributed by atoms with Crippen molar-refractivity contribution in [1.29, 1.82) is 0 Å². The van der Waals surface area contributed by atoms with E-state index in [9.17, 15) is 8.42 Å². The lowest BCUT2D eigenvalue weighted by Crippen LogP contribution is -2.41. The van der Waals surface area contributed by atoms with E-state index in [-0.39, 0.29) is 17.7 Å². The highest BCUT2D eigenvalue weighted by Crippen LogP contribution is 2.30. The van der Waals surface area contributed by atoms with Crippen LogP contribution in [0.5, 0.6) is 0 Å². The zero-order valence-corrected chi connectivity index (χ0v) is 10.8. The molecule has 0 aliphatic carbocycles. The average molecular weight is 247 g/mol. The van der Waals surface area contributed by atoms with Crippen molar-refractivity contribution >= 4 is 9.84 Å². The summed E-state index contributed by atoms with van der Waals surface area (Å²) >= 11 is 0. The third kappa shape index (κ3) is 2.96. The lowest BCUT2D eigenvalue weighted by atomic mass is 9.95. The monoisotopic (exact) mass is 247 g/mol. The van der Waals surface area contributed by atoms with Crippen molar-refractivity contribution in [3.8, 4) is 0 Å². The Bertz CT molecular complexity index is 354. The SMILES string of the molecule is CC1CNC(C)(CC2CCCS(=O)(=O)C2)O1. The molecule has 2 fully saturated rings. The quantitative estimate of drug-likeness (QED) is 0.788. The van der Waals surface area contributed by atoms with Crippen molar-refractivity contribution in [2.75, 3.05) is 18.1 Å². The molecule has 5 heteroatoms. The largest absolute Gasteiger partial charge is 0.357 e. The normalized spacial score (nSPS) is 43.4. The molecule has 0 aromatic heterocycles. The predicted octanol–water partition coefficient (Wildman–Crippen LogP) is 0.926. The second-order valence-corrected chi connectivity index (χ2v) is 7.60. The van der Waals surface area contributed by atoms with Crippen LogP contribution in [0.2, 0.25) is 0 Å². The lowest BCUT2D eigenvalue weighted by Gasteiger charge is -2.31. The summed E-state index contributed by atoms with van der Waals surface area (Å²) in [4.78, 5) is 0. The molecule has 0 saturated carbocycles. The van der Waals surface area contributed by atoms with Crippen molar-refractivity contribution in [2.45, 2.75) is 44.9 Å². The zero-order chi connectivity index (χ0) is 11.8. The van der Waals surface area contributed by atoms with Gasteiger partial charge in [-0.2, -0.15) is 0 Å². The Labute approximate surface area is 97.7 Å². The van der Waals surface area contributed by atoms with Crippen molar-refractivity contribution in [3.05, 3.63) is 0 Å². The fourth-order valence-corrected chi connectivity index (χ4v) is 4.61. The second kappa shape index (κ2) is 4.27. The van der Waals surface area contributed by atoms with Gasteiger partial charge in [-0.05, 0) is 39.0 Å². The number of hydrogen-bond acceptors (Lipinski definition) is 4. The molecule has 0 spiro atoms. The molecule has 2 heterocycles. The molecule has 0 radical (unpaired) electrons. The van der Waals surface area contributed by atoms with Gasteiger partial charge in [0.2, 0.25) is 0 Å². The molecule has 0 aromatic carbocycles. The molecule has 2 rings (SSSR count). The molecule has 0 aromatic rings. The molecule has 2 saturated heterocycles. The standard InChI is InChI=1S/C11H21NO3S/c1-9-7-12-11(2,15-9)6-10-4-3-5-16(13,14)8-10/h9-10,12H,3-8H2,1-2H3. The molecule has 2 aliphatic heterocycles. The smallest absolute Gasteiger partial charge is 0.150 e. The van der Waals surface area contributed by atoms with Gasteiger partial charge in [0, 0.05) is 6.54 Å². The van der Waals surface area contributed by atoms with Gasteiger partial charge in [-0.25, -0.2) is 8.42 Å². The molecule has 2 aliphatic rings. The summed E-state index contributed by atoms with van der Waals surface area (Å²) < 4.78 is 28.9. The average Bonchev–Trinajstić information content (AvgIpc) is 2.43. The van der Waals surface area contributed by atoms with Gasteiger partial charge >= 0.3 is 0 Å². The van der Waals surface area contributed by atoms with E-state index >= 15 is 0 Å². The summed E-state index contributed by atoms with van der Waals surface area (Å²) in [5, 5.41) is 3.34. The Morgan fingerprint density at radius 2 is 2.25 bits per heavy atom. The van der Waals surface area contributed by atoms with E-state index in [0.717, 1.165) is 25.8 Å². The summed E-state index contributed by atoms with van der Waals surface area (Å²) in [6.45, 7) is 4.92. The van der Waals surface area contributed by atoms with Gasteiger partial charge in [-0.15, -0.1) is 0 Å². The highest BCUT2D eigenvalue weighted by atomic mass is 32.2. The van der Waals surface area contributed by atoms with Gasteiger partial charge in [-0.3, -0.25) is 5.32 Å². The molecule has 1 N–H and O–H groups in total. The van der Waals surface area contributed by atoms with Crippen LogP contribution in [0.3, 0.4) is 0 Å². The molecule has 94 valence electrons. The second-order valence-electron chi connectivity index (χ2n) is 5.37. The van der Waals surface area contributed by atoms with Crippen LogP contribution in [0.15, 0.2) is 0 Å². The van der Waals surface area contributed by atoms with Gasteiger partial charge in [0.05, 0.1) is 17.6 Å². The highest BCUT2D eigenvalue weighted by Gasteiger charge is 2.37. The summed E-state index contributed by atoms with van der Waals surface area (Å²) in [5.74, 6) is 0.953. The molecule has 0 bridgehead atoms. The molecule has 0 amide bonds. The van der Waals surface area contributed by atoms with Crippen LogP contribution in [-0.4, -0.2) is 38.3 Å². The van der Waals surface area contributed by atoms with Gasteiger partial charge in [0.15, 0.2) is 9.84 Å². The summed E-state index contributed by atoms with van der Waals surface area (Å²) in [6.07, 6.45) is 2.84. The predicted molar refractivity (Wildman–Crippen MR) is 62.9 cm³/mol. The Kier molecular flexibility index (Phi) is 3.29. The highest BCUT2D eigenvalue weighted by molar-refractivity contribution is 7.91. The Balaban J connectivity index is 1.94. The van der Waals surface area contributed by atoms with Gasteiger partial charge < -0.3 is 4.74 Å². The first-order chi connectivity index (χ1) is 7.39. The Morgan fingerprint density at radius 1 is 1.50 bits per heavy atom. The van der Waals surface area contributed by atoms with Crippen molar-refractivity contribution in [2.24, 2.45) is 5.92 Å². The van der Waals surface area contributed by atoms with E-state index in [0.29, 0.717) is 11.5 Å². The maximum atomic E-state index is 11.5. The minimum atomic E-state index is -2.80. The van der Waals surface area contributed by atoms with Gasteiger partial charge in [-0.1, -0.05) is 0 Å². The van der Waals surface area contributed by atoms with Crippen LogP contribution in [0.1, 0.15) is 33.1 Å². The zero-order valence-electron chi connectivity index (χ0n) is 10.0. The molecule has 16 heavy (non-hydrogen) atoms. The minimum absolute atomic E-state index is 0.227. The number of sulfone groups is 1. The van der Waals surface area contributed by atoms with E-state index in [2.05, 4.69) is 5.32 Å². The number of rotatable bonds is 2. The fraction of sp³-hybridized carbons (Fsp3) is 1.00. The number of hydrogen-bond donors (Lipinski definition) is 1. The van der Waals surface area contributed by atoms with Crippen LogP contribution >= 0.6 is 0 Å². The first-order valence-electron chi connectivity index (χ1n) is 6.02. The molecular weight excluding hydrogens is 226 g/mol. The van der Waals surface area contributed by atoms with Crippen molar-refractivity contribution < 1.29 is 13.2 Å². The van der Waals surface area contributed by atoms with Crippen LogP contribution in [0, 0.1) is 5.92 Å². The van der Waals surface area contributed by atoms with E-state index in [1.54, 1.807) is 0 Å². The van der Waals surface area contributed by atoms with Crippen molar-refractivity contribution in [1.82, 2.24) is 5.32 Å². The van der Waals surface area contributed by atoms with Crippen LogP contribution in [-0.2, 0) is 14.6 Å². The summed E-state index contributed by atoms with van der Waals surface area (Å²) in [5.41, 5.74) is -0.322. The molecule has 3 atom stereocenters. The maximum absolute atomic E-state index is 11.5. The third-order valence-electron chi connectivity index (χ3n) is 3.46. The topological polar surface area (TPSA) is 55.4 Å². The van der Waals surface area contributed by atoms with E-state index in [1.807, 2.05) is 13.8 Å². The minimum Gasteiger partial charge on any atom is -0.357 e. The van der Waals surface area contributed by atoms with Gasteiger partial charge in [0.1, 0.15) is 5.72 Å². The summed E-state index contributed by atoms with van der Waals surface area (Å²) in [7, 11) is -2.80. The van der Waals surface area contributed by atoms with Crippen molar-refractivity contribution in [3.63, 3.8) is 0 Å². The first kappa shape index (κ1) is 12.3. The van der Waals surface area contributed by atoms with E-state index in [4.69, 9.17) is 4.74 Å². The molecular formula is C11H21NO3S. The van der Waals surface area contributed by atoms with Crippen LogP contribution in [0.25, 0.3) is 0 Å².